The number of carbonyl (C=O) groups excluding carboxylic acids is 1. The number of rotatable bonds is 8. The number of carbonyl (C=O) groups is 1. The molecule has 1 aromatic rings. The first-order valence-corrected chi connectivity index (χ1v) is 9.47. The minimum atomic E-state index is -0.000706. The average molecular weight is 480 g/mol. The number of amides is 1. The van der Waals surface area contributed by atoms with Gasteiger partial charge in [-0.15, -0.1) is 35.3 Å². The van der Waals surface area contributed by atoms with E-state index in [1.165, 1.54) is 11.3 Å². The third-order valence-corrected chi connectivity index (χ3v) is 4.75. The van der Waals surface area contributed by atoms with Gasteiger partial charge in [0.25, 0.3) is 5.91 Å². The Balaban J connectivity index is 0.00000312. The summed E-state index contributed by atoms with van der Waals surface area (Å²) in [5.74, 6) is 1.51. The summed E-state index contributed by atoms with van der Waals surface area (Å²) >= 11 is 1.46. The van der Waals surface area contributed by atoms with Gasteiger partial charge in [0.1, 0.15) is 0 Å². The van der Waals surface area contributed by atoms with Crippen molar-refractivity contribution >= 4 is 47.2 Å². The molecule has 1 aliphatic rings. The molecule has 1 saturated heterocycles. The summed E-state index contributed by atoms with van der Waals surface area (Å²) in [6.45, 7) is 6.93. The standard InChI is InChI=1S/C17H28N4O2S.HI/c1-3-18-17(21(2)12-14-7-10-23-13-14)20-9-5-8-19-16(22)15-6-4-11-24-15;/h4,6,11,14H,3,5,7-10,12-13H2,1-2H3,(H,18,20)(H,19,22);1H. The highest BCUT2D eigenvalue weighted by Crippen LogP contribution is 2.13. The zero-order chi connectivity index (χ0) is 17.2. The first-order chi connectivity index (χ1) is 11.7. The van der Waals surface area contributed by atoms with E-state index >= 15 is 0 Å². The molecular formula is C17H29IN4O2S. The van der Waals surface area contributed by atoms with Crippen molar-refractivity contribution in [2.45, 2.75) is 19.8 Å². The van der Waals surface area contributed by atoms with E-state index in [2.05, 4.69) is 34.5 Å². The Hall–Kier alpha value is -0.870. The van der Waals surface area contributed by atoms with Gasteiger partial charge in [-0.2, -0.15) is 0 Å². The summed E-state index contributed by atoms with van der Waals surface area (Å²) in [6.07, 6.45) is 1.95. The molecule has 0 aliphatic carbocycles. The molecule has 2 rings (SSSR count). The van der Waals surface area contributed by atoms with Gasteiger partial charge >= 0.3 is 0 Å². The molecule has 1 fully saturated rings. The summed E-state index contributed by atoms with van der Waals surface area (Å²) in [5, 5.41) is 8.17. The molecule has 142 valence electrons. The molecule has 8 heteroatoms. The van der Waals surface area contributed by atoms with Gasteiger partial charge in [0, 0.05) is 45.8 Å². The lowest BCUT2D eigenvalue weighted by atomic mass is 10.1. The third kappa shape index (κ3) is 7.91. The van der Waals surface area contributed by atoms with E-state index < -0.39 is 0 Å². The number of thiophene rings is 1. The van der Waals surface area contributed by atoms with Gasteiger partial charge < -0.3 is 20.3 Å². The van der Waals surface area contributed by atoms with E-state index in [0.29, 0.717) is 19.0 Å². The van der Waals surface area contributed by atoms with Gasteiger partial charge in [0.05, 0.1) is 11.5 Å². The van der Waals surface area contributed by atoms with Crippen LogP contribution in [0.2, 0.25) is 0 Å². The van der Waals surface area contributed by atoms with Crippen LogP contribution in [0.4, 0.5) is 0 Å². The van der Waals surface area contributed by atoms with Crippen molar-refractivity contribution in [2.75, 3.05) is 46.4 Å². The molecule has 0 spiro atoms. The smallest absolute Gasteiger partial charge is 0.261 e. The zero-order valence-electron chi connectivity index (χ0n) is 15.0. The molecule has 6 nitrogen and oxygen atoms in total. The van der Waals surface area contributed by atoms with Crippen LogP contribution in [-0.2, 0) is 4.74 Å². The summed E-state index contributed by atoms with van der Waals surface area (Å²) in [6, 6.07) is 3.72. The Kier molecular flexibility index (Phi) is 11.1. The molecule has 25 heavy (non-hydrogen) atoms. The molecule has 1 amide bonds. The van der Waals surface area contributed by atoms with Crippen LogP contribution in [-0.4, -0.2) is 63.2 Å². The maximum atomic E-state index is 11.8. The maximum Gasteiger partial charge on any atom is 0.261 e. The van der Waals surface area contributed by atoms with Crippen LogP contribution >= 0.6 is 35.3 Å². The predicted octanol–water partition coefficient (Wildman–Crippen LogP) is 2.42. The van der Waals surface area contributed by atoms with Crippen LogP contribution in [0.25, 0.3) is 0 Å². The number of nitrogens with one attached hydrogen (secondary N) is 2. The predicted molar refractivity (Wildman–Crippen MR) is 114 cm³/mol. The first-order valence-electron chi connectivity index (χ1n) is 8.59. The van der Waals surface area contributed by atoms with E-state index in [1.807, 2.05) is 17.5 Å². The Bertz CT molecular complexity index is 519. The van der Waals surface area contributed by atoms with Gasteiger partial charge in [-0.05, 0) is 31.2 Å². The van der Waals surface area contributed by atoms with E-state index in [1.54, 1.807) is 0 Å². The number of ether oxygens (including phenoxy) is 1. The van der Waals surface area contributed by atoms with Crippen molar-refractivity contribution in [3.63, 3.8) is 0 Å². The van der Waals surface area contributed by atoms with E-state index in [4.69, 9.17) is 4.74 Å². The molecule has 1 aliphatic heterocycles. The monoisotopic (exact) mass is 480 g/mol. The topological polar surface area (TPSA) is 66.0 Å². The number of guanidine groups is 1. The van der Waals surface area contributed by atoms with Crippen molar-refractivity contribution in [1.82, 2.24) is 15.5 Å². The molecule has 2 N–H and O–H groups in total. The SMILES string of the molecule is CCNC(=NCCCNC(=O)c1cccs1)N(C)CC1CCOC1.I. The van der Waals surface area contributed by atoms with Gasteiger partial charge in [-0.25, -0.2) is 0 Å². The molecule has 1 unspecified atom stereocenters. The second kappa shape index (κ2) is 12.5. The van der Waals surface area contributed by atoms with E-state index in [-0.39, 0.29) is 29.9 Å². The summed E-state index contributed by atoms with van der Waals surface area (Å²) in [4.78, 5) is 19.4. The summed E-state index contributed by atoms with van der Waals surface area (Å²) in [5.41, 5.74) is 0. The number of nitrogens with zero attached hydrogens (tertiary/aromatic N) is 2. The van der Waals surface area contributed by atoms with Crippen LogP contribution in [0.3, 0.4) is 0 Å². The number of hydrogen-bond acceptors (Lipinski definition) is 4. The van der Waals surface area contributed by atoms with Gasteiger partial charge in [-0.1, -0.05) is 6.07 Å². The molecule has 0 saturated carbocycles. The zero-order valence-corrected chi connectivity index (χ0v) is 18.1. The average Bonchev–Trinajstić information content (AvgIpc) is 3.26. The van der Waals surface area contributed by atoms with Crippen LogP contribution in [0.5, 0.6) is 0 Å². The highest BCUT2D eigenvalue weighted by molar-refractivity contribution is 14.0. The Morgan fingerprint density at radius 1 is 1.48 bits per heavy atom. The molecular weight excluding hydrogens is 451 g/mol. The van der Waals surface area contributed by atoms with Crippen LogP contribution in [0.1, 0.15) is 29.4 Å². The normalized spacial score (nSPS) is 17.0. The Morgan fingerprint density at radius 3 is 2.96 bits per heavy atom. The number of hydrogen-bond donors (Lipinski definition) is 2. The van der Waals surface area contributed by atoms with Crippen molar-refractivity contribution in [3.05, 3.63) is 22.4 Å². The molecule has 1 atom stereocenters. The molecule has 2 heterocycles. The molecule has 0 bridgehead atoms. The fraction of sp³-hybridized carbons (Fsp3) is 0.647. The lowest BCUT2D eigenvalue weighted by Crippen LogP contribution is -2.41. The lowest BCUT2D eigenvalue weighted by molar-refractivity contribution is 0.0957. The van der Waals surface area contributed by atoms with Crippen molar-refractivity contribution in [1.29, 1.82) is 0 Å². The third-order valence-electron chi connectivity index (χ3n) is 3.88. The quantitative estimate of drug-likeness (QED) is 0.260. The summed E-state index contributed by atoms with van der Waals surface area (Å²) < 4.78 is 5.44. The van der Waals surface area contributed by atoms with Crippen molar-refractivity contribution in [3.8, 4) is 0 Å². The van der Waals surface area contributed by atoms with Gasteiger partial charge in [0.15, 0.2) is 5.96 Å². The molecule has 0 radical (unpaired) electrons. The lowest BCUT2D eigenvalue weighted by Gasteiger charge is -2.24. The van der Waals surface area contributed by atoms with Crippen molar-refractivity contribution < 1.29 is 9.53 Å². The highest BCUT2D eigenvalue weighted by atomic mass is 127. The first kappa shape index (κ1) is 22.2. The Morgan fingerprint density at radius 2 is 2.32 bits per heavy atom. The van der Waals surface area contributed by atoms with Crippen LogP contribution in [0.15, 0.2) is 22.5 Å². The second-order valence-electron chi connectivity index (χ2n) is 5.93. The molecule has 1 aromatic heterocycles. The van der Waals surface area contributed by atoms with Crippen molar-refractivity contribution in [2.24, 2.45) is 10.9 Å². The minimum Gasteiger partial charge on any atom is -0.381 e. The van der Waals surface area contributed by atoms with E-state index in [9.17, 15) is 4.79 Å². The van der Waals surface area contributed by atoms with Gasteiger partial charge in [-0.3, -0.25) is 9.79 Å². The number of halogens is 1. The van der Waals surface area contributed by atoms with E-state index in [0.717, 1.165) is 50.0 Å². The highest BCUT2D eigenvalue weighted by Gasteiger charge is 2.18. The summed E-state index contributed by atoms with van der Waals surface area (Å²) in [7, 11) is 2.07. The van der Waals surface area contributed by atoms with Crippen LogP contribution in [0, 0.1) is 5.92 Å². The largest absolute Gasteiger partial charge is 0.381 e. The Labute approximate surface area is 171 Å². The molecule has 0 aromatic carbocycles. The number of aliphatic imine (C=N–C) groups is 1. The maximum absolute atomic E-state index is 11.8. The fourth-order valence-corrected chi connectivity index (χ4v) is 3.27. The minimum absolute atomic E-state index is 0. The van der Waals surface area contributed by atoms with Crippen LogP contribution < -0.4 is 10.6 Å². The second-order valence-corrected chi connectivity index (χ2v) is 6.88. The van der Waals surface area contributed by atoms with Gasteiger partial charge in [0.2, 0.25) is 0 Å². The fourth-order valence-electron chi connectivity index (χ4n) is 2.63.